The molecule has 20 heavy (non-hydrogen) atoms. The highest BCUT2D eigenvalue weighted by molar-refractivity contribution is 5.92. The topological polar surface area (TPSA) is 114 Å². The molecule has 2 aromatic rings. The Labute approximate surface area is 117 Å². The highest BCUT2D eigenvalue weighted by atomic mass is 15.3. The van der Waals surface area contributed by atoms with Gasteiger partial charge in [-0.3, -0.25) is 17.5 Å². The molecule has 0 fully saturated rings. The van der Waals surface area contributed by atoms with Gasteiger partial charge in [0, 0.05) is 11.1 Å². The quantitative estimate of drug-likeness (QED) is 0.271. The number of nitrogens with one attached hydrogen (secondary N) is 3. The molecule has 0 saturated carbocycles. The number of nitrogens with two attached hydrogens (primary N) is 3. The monoisotopic (exact) mass is 270 g/mol. The first-order chi connectivity index (χ1) is 9.81. The summed E-state index contributed by atoms with van der Waals surface area (Å²) < 4.78 is 0. The first kappa shape index (κ1) is 13.9. The Kier molecular flexibility index (Phi) is 4.56. The Hall–Kier alpha value is -2.54. The molecule has 0 radical (unpaired) electrons. The van der Waals surface area contributed by atoms with Crippen LogP contribution in [0.2, 0.25) is 0 Å². The maximum absolute atomic E-state index is 5.67. The molecule has 2 rings (SSSR count). The fourth-order valence-electron chi connectivity index (χ4n) is 2.02. The van der Waals surface area contributed by atoms with Gasteiger partial charge >= 0.3 is 0 Å². The largest absolute Gasteiger partial charge is 0.323 e. The number of anilines is 1. The number of rotatable bonds is 5. The zero-order valence-electron chi connectivity index (χ0n) is 10.9. The van der Waals surface area contributed by atoms with E-state index < -0.39 is 0 Å². The molecule has 2 aromatic carbocycles. The minimum Gasteiger partial charge on any atom is -0.323 e. The van der Waals surface area contributed by atoms with Crippen LogP contribution in [0.4, 0.5) is 5.69 Å². The fraction of sp³-hybridized carbons (Fsp3) is 0. The Balaban J connectivity index is 2.61. The van der Waals surface area contributed by atoms with Gasteiger partial charge in [0.2, 0.25) is 0 Å². The summed E-state index contributed by atoms with van der Waals surface area (Å²) in [4.78, 5) is 0. The molecule has 0 unspecified atom stereocenters. The highest BCUT2D eigenvalue weighted by Gasteiger charge is 2.12. The molecule has 0 aromatic heterocycles. The van der Waals surface area contributed by atoms with Crippen LogP contribution in [0.25, 0.3) is 11.4 Å². The van der Waals surface area contributed by atoms with Crippen LogP contribution >= 0.6 is 0 Å². The van der Waals surface area contributed by atoms with E-state index in [1.807, 2.05) is 54.6 Å². The molecular weight excluding hydrogens is 252 g/mol. The van der Waals surface area contributed by atoms with Gasteiger partial charge in [0.05, 0.1) is 17.1 Å². The van der Waals surface area contributed by atoms with E-state index in [-0.39, 0.29) is 0 Å². The van der Waals surface area contributed by atoms with Crippen LogP contribution in [0.5, 0.6) is 0 Å². The molecule has 9 N–H and O–H groups in total. The SMILES string of the molecule is NNC(=C(NN)c1ccccc1NN)c1ccccc1. The molecule has 0 atom stereocenters. The van der Waals surface area contributed by atoms with E-state index in [1.54, 1.807) is 0 Å². The molecule has 6 heteroatoms. The predicted molar refractivity (Wildman–Crippen MR) is 82.2 cm³/mol. The van der Waals surface area contributed by atoms with Gasteiger partial charge in [-0.05, 0) is 6.07 Å². The van der Waals surface area contributed by atoms with Gasteiger partial charge < -0.3 is 16.3 Å². The lowest BCUT2D eigenvalue weighted by Gasteiger charge is -2.17. The molecule has 6 nitrogen and oxygen atoms in total. The molecular formula is C14H18N6. The summed E-state index contributed by atoms with van der Waals surface area (Å²) in [5.41, 5.74) is 11.8. The average Bonchev–Trinajstić information content (AvgIpc) is 2.53. The van der Waals surface area contributed by atoms with Gasteiger partial charge in [0.25, 0.3) is 0 Å². The molecule has 0 saturated heterocycles. The number of nitrogen functional groups attached to an aromatic ring is 1. The highest BCUT2D eigenvalue weighted by Crippen LogP contribution is 2.26. The summed E-state index contributed by atoms with van der Waals surface area (Å²) >= 11 is 0. The number of para-hydroxylation sites is 1. The zero-order chi connectivity index (χ0) is 14.4. The van der Waals surface area contributed by atoms with Gasteiger partial charge in [-0.1, -0.05) is 48.5 Å². The van der Waals surface area contributed by atoms with Gasteiger partial charge in [0.1, 0.15) is 0 Å². The smallest absolute Gasteiger partial charge is 0.0832 e. The zero-order valence-corrected chi connectivity index (χ0v) is 10.9. The van der Waals surface area contributed by atoms with E-state index in [2.05, 4.69) is 16.3 Å². The van der Waals surface area contributed by atoms with Gasteiger partial charge in [-0.25, -0.2) is 0 Å². The lowest BCUT2D eigenvalue weighted by atomic mass is 10.0. The first-order valence-corrected chi connectivity index (χ1v) is 6.10. The van der Waals surface area contributed by atoms with Crippen LogP contribution in [0.15, 0.2) is 54.6 Å². The second-order valence-electron chi connectivity index (χ2n) is 4.09. The lowest BCUT2D eigenvalue weighted by Crippen LogP contribution is -2.29. The van der Waals surface area contributed by atoms with E-state index in [4.69, 9.17) is 17.5 Å². The van der Waals surface area contributed by atoms with E-state index in [9.17, 15) is 0 Å². The lowest BCUT2D eigenvalue weighted by molar-refractivity contribution is 0.945. The molecule has 0 bridgehead atoms. The van der Waals surface area contributed by atoms with Crippen molar-refractivity contribution in [2.45, 2.75) is 0 Å². The maximum Gasteiger partial charge on any atom is 0.0832 e. The standard InChI is InChI=1S/C14H18N6/c15-18-12-9-5-4-8-11(12)14(20-17)13(19-16)10-6-2-1-3-7-10/h1-9,18-20H,15-17H2. The van der Waals surface area contributed by atoms with Gasteiger partial charge in [-0.15, -0.1) is 0 Å². The van der Waals surface area contributed by atoms with Crippen molar-refractivity contribution >= 4 is 17.1 Å². The van der Waals surface area contributed by atoms with Crippen molar-refractivity contribution < 1.29 is 0 Å². The molecule has 0 spiro atoms. The second-order valence-corrected chi connectivity index (χ2v) is 4.09. The summed E-state index contributed by atoms with van der Waals surface area (Å²) in [5, 5.41) is 0. The summed E-state index contributed by atoms with van der Waals surface area (Å²) in [6, 6.07) is 17.2. The minimum absolute atomic E-state index is 0.646. The number of hydrogen-bond acceptors (Lipinski definition) is 6. The van der Waals surface area contributed by atoms with Crippen molar-refractivity contribution in [3.63, 3.8) is 0 Å². The Morgan fingerprint density at radius 2 is 1.30 bits per heavy atom. The van der Waals surface area contributed by atoms with E-state index in [0.29, 0.717) is 11.4 Å². The minimum atomic E-state index is 0.646. The van der Waals surface area contributed by atoms with Crippen molar-refractivity contribution in [1.29, 1.82) is 0 Å². The fourth-order valence-corrected chi connectivity index (χ4v) is 2.02. The summed E-state index contributed by atoms with van der Waals surface area (Å²) in [6.45, 7) is 0. The van der Waals surface area contributed by atoms with Crippen molar-refractivity contribution in [2.24, 2.45) is 17.5 Å². The third kappa shape index (κ3) is 2.72. The van der Waals surface area contributed by atoms with Gasteiger partial charge in [0.15, 0.2) is 0 Å². The van der Waals surface area contributed by atoms with Crippen LogP contribution < -0.4 is 33.8 Å². The third-order valence-electron chi connectivity index (χ3n) is 2.95. The van der Waals surface area contributed by atoms with Crippen LogP contribution in [0.3, 0.4) is 0 Å². The maximum atomic E-state index is 5.67. The van der Waals surface area contributed by atoms with Gasteiger partial charge in [-0.2, -0.15) is 0 Å². The van der Waals surface area contributed by atoms with Crippen molar-refractivity contribution in [3.05, 3.63) is 65.7 Å². The number of hydrazine groups is 3. The van der Waals surface area contributed by atoms with E-state index in [0.717, 1.165) is 16.8 Å². The van der Waals surface area contributed by atoms with Crippen molar-refractivity contribution in [3.8, 4) is 0 Å². The summed E-state index contributed by atoms with van der Waals surface area (Å²) in [5.74, 6) is 16.9. The first-order valence-electron chi connectivity index (χ1n) is 6.10. The van der Waals surface area contributed by atoms with Crippen LogP contribution in [0.1, 0.15) is 11.1 Å². The van der Waals surface area contributed by atoms with Crippen LogP contribution in [-0.2, 0) is 0 Å². The molecule has 104 valence electrons. The van der Waals surface area contributed by atoms with E-state index >= 15 is 0 Å². The molecule has 0 heterocycles. The normalized spacial score (nSPS) is 11.6. The number of benzene rings is 2. The Morgan fingerprint density at radius 1 is 0.700 bits per heavy atom. The van der Waals surface area contributed by atoms with Crippen molar-refractivity contribution in [1.82, 2.24) is 10.9 Å². The average molecular weight is 270 g/mol. The van der Waals surface area contributed by atoms with Crippen LogP contribution in [-0.4, -0.2) is 0 Å². The molecule has 0 aliphatic rings. The third-order valence-corrected chi connectivity index (χ3v) is 2.95. The molecule has 0 aliphatic carbocycles. The summed E-state index contributed by atoms with van der Waals surface area (Å²) in [6.07, 6.45) is 0. The summed E-state index contributed by atoms with van der Waals surface area (Å²) in [7, 11) is 0. The van der Waals surface area contributed by atoms with Crippen LogP contribution in [0, 0.1) is 0 Å². The predicted octanol–water partition coefficient (Wildman–Crippen LogP) is 0.725. The van der Waals surface area contributed by atoms with Crippen molar-refractivity contribution in [2.75, 3.05) is 5.43 Å². The Morgan fingerprint density at radius 3 is 1.90 bits per heavy atom. The molecule has 0 aliphatic heterocycles. The van der Waals surface area contributed by atoms with E-state index in [1.165, 1.54) is 0 Å². The Bertz CT molecular complexity index is 594. The molecule has 0 amide bonds. The number of hydrogen-bond donors (Lipinski definition) is 6. The second kappa shape index (κ2) is 6.58.